The number of carbonyl (C=O) groups is 1. The number of aromatic nitrogens is 1. The lowest BCUT2D eigenvalue weighted by molar-refractivity contribution is 0.121. The number of ether oxygens (including phenoxy) is 2. The molecule has 0 fully saturated rings. The summed E-state index contributed by atoms with van der Waals surface area (Å²) in [6.07, 6.45) is 0.677. The van der Waals surface area contributed by atoms with Crippen LogP contribution in [0.25, 0.3) is 22.6 Å². The van der Waals surface area contributed by atoms with Gasteiger partial charge in [-0.2, -0.15) is 0 Å². The van der Waals surface area contributed by atoms with Crippen molar-refractivity contribution in [2.45, 2.75) is 20.8 Å². The second-order valence-electron chi connectivity index (χ2n) is 6.14. The van der Waals surface area contributed by atoms with Crippen molar-refractivity contribution in [1.82, 2.24) is 4.98 Å². The molecule has 6 nitrogen and oxygen atoms in total. The molecule has 0 amide bonds. The summed E-state index contributed by atoms with van der Waals surface area (Å²) in [5.74, 6) is 0.348. The number of benzene rings is 1. The Morgan fingerprint density at radius 1 is 1.11 bits per heavy atom. The molecule has 2 heterocycles. The molecule has 0 unspecified atom stereocenters. The van der Waals surface area contributed by atoms with E-state index in [0.29, 0.717) is 16.8 Å². The van der Waals surface area contributed by atoms with Gasteiger partial charge in [-0.1, -0.05) is 29.8 Å². The molecule has 138 valence electrons. The lowest BCUT2D eigenvalue weighted by Gasteiger charge is -2.15. The first-order valence-corrected chi connectivity index (χ1v) is 8.35. The largest absolute Gasteiger partial charge is 0.513 e. The molecular formula is C21H19NO5. The summed E-state index contributed by atoms with van der Waals surface area (Å²) in [6, 6.07) is 10.9. The molecule has 0 atom stereocenters. The van der Waals surface area contributed by atoms with Gasteiger partial charge in [-0.05, 0) is 44.0 Å². The molecule has 3 aromatic rings. The number of hydrogen-bond donors (Lipinski definition) is 0. The lowest BCUT2D eigenvalue weighted by Crippen LogP contribution is -2.15. The molecule has 0 aliphatic heterocycles. The number of aryl methyl sites for hydroxylation is 2. The van der Waals surface area contributed by atoms with Crippen LogP contribution in [-0.4, -0.2) is 18.2 Å². The molecule has 0 bridgehead atoms. The number of pyridine rings is 1. The summed E-state index contributed by atoms with van der Waals surface area (Å²) in [5.41, 5.74) is 2.97. The highest BCUT2D eigenvalue weighted by atomic mass is 16.7. The van der Waals surface area contributed by atoms with Crippen LogP contribution < -0.4 is 10.4 Å². The highest BCUT2D eigenvalue weighted by Crippen LogP contribution is 2.37. The predicted octanol–water partition coefficient (Wildman–Crippen LogP) is 4.44. The highest BCUT2D eigenvalue weighted by molar-refractivity contribution is 5.80. The topological polar surface area (TPSA) is 78.6 Å². The second-order valence-corrected chi connectivity index (χ2v) is 6.14. The van der Waals surface area contributed by atoms with Crippen molar-refractivity contribution < 1.29 is 18.7 Å². The van der Waals surface area contributed by atoms with Crippen molar-refractivity contribution >= 4 is 6.16 Å². The first-order valence-electron chi connectivity index (χ1n) is 8.35. The maximum atomic E-state index is 12.9. The lowest BCUT2D eigenvalue weighted by atomic mass is 9.97. The van der Waals surface area contributed by atoms with Crippen molar-refractivity contribution in [3.63, 3.8) is 0 Å². The fourth-order valence-electron chi connectivity index (χ4n) is 2.84. The average molecular weight is 365 g/mol. The molecule has 1 aromatic carbocycles. The van der Waals surface area contributed by atoms with E-state index in [4.69, 9.17) is 9.15 Å². The van der Waals surface area contributed by atoms with Crippen molar-refractivity contribution in [1.29, 1.82) is 0 Å². The normalized spacial score (nSPS) is 10.5. The number of methoxy groups -OCH3 is 1. The third kappa shape index (κ3) is 3.60. The molecule has 0 aliphatic carbocycles. The van der Waals surface area contributed by atoms with E-state index < -0.39 is 11.8 Å². The van der Waals surface area contributed by atoms with Crippen molar-refractivity contribution in [3.8, 4) is 28.3 Å². The van der Waals surface area contributed by atoms with Gasteiger partial charge in [0.05, 0.1) is 7.11 Å². The van der Waals surface area contributed by atoms with E-state index in [2.05, 4.69) is 9.72 Å². The summed E-state index contributed by atoms with van der Waals surface area (Å²) in [6.45, 7) is 5.50. The van der Waals surface area contributed by atoms with Gasteiger partial charge in [-0.25, -0.2) is 9.59 Å². The minimum atomic E-state index is -0.915. The Bertz CT molecular complexity index is 1050. The Kier molecular flexibility index (Phi) is 5.07. The van der Waals surface area contributed by atoms with Gasteiger partial charge in [0.25, 0.3) is 0 Å². The van der Waals surface area contributed by atoms with Crippen LogP contribution in [0.3, 0.4) is 0 Å². The van der Waals surface area contributed by atoms with Gasteiger partial charge in [0.2, 0.25) is 0 Å². The van der Waals surface area contributed by atoms with Gasteiger partial charge in [-0.15, -0.1) is 0 Å². The highest BCUT2D eigenvalue weighted by Gasteiger charge is 2.24. The van der Waals surface area contributed by atoms with E-state index in [0.717, 1.165) is 11.1 Å². The van der Waals surface area contributed by atoms with Gasteiger partial charge in [0, 0.05) is 11.8 Å². The number of rotatable bonds is 3. The first kappa shape index (κ1) is 18.4. The third-order valence-electron chi connectivity index (χ3n) is 4.22. The summed E-state index contributed by atoms with van der Waals surface area (Å²) >= 11 is 0. The van der Waals surface area contributed by atoms with E-state index in [1.165, 1.54) is 7.11 Å². The Morgan fingerprint density at radius 3 is 2.56 bits per heavy atom. The van der Waals surface area contributed by atoms with Gasteiger partial charge in [0.15, 0.2) is 11.5 Å². The molecule has 0 spiro atoms. The Balaban J connectivity index is 2.33. The zero-order valence-electron chi connectivity index (χ0n) is 15.5. The fraction of sp³-hybridized carbons (Fsp3) is 0.190. The van der Waals surface area contributed by atoms with Gasteiger partial charge >= 0.3 is 11.8 Å². The maximum absolute atomic E-state index is 12.9. The number of hydrogen-bond acceptors (Lipinski definition) is 6. The van der Waals surface area contributed by atoms with Crippen molar-refractivity contribution in [2.24, 2.45) is 0 Å². The molecule has 2 aromatic heterocycles. The van der Waals surface area contributed by atoms with Crippen LogP contribution >= 0.6 is 0 Å². The van der Waals surface area contributed by atoms with E-state index in [-0.39, 0.29) is 17.1 Å². The van der Waals surface area contributed by atoms with Crippen LogP contribution in [0, 0.1) is 20.8 Å². The molecular weight excluding hydrogens is 346 g/mol. The van der Waals surface area contributed by atoms with Gasteiger partial charge in [0.1, 0.15) is 11.3 Å². The molecule has 0 saturated heterocycles. The monoisotopic (exact) mass is 365 g/mol. The molecule has 0 saturated carbocycles. The predicted molar refractivity (Wildman–Crippen MR) is 101 cm³/mol. The zero-order valence-corrected chi connectivity index (χ0v) is 15.5. The summed E-state index contributed by atoms with van der Waals surface area (Å²) in [5, 5.41) is 0. The quantitative estimate of drug-likeness (QED) is 0.639. The molecule has 0 aliphatic rings. The van der Waals surface area contributed by atoms with E-state index in [1.54, 1.807) is 31.3 Å². The summed E-state index contributed by atoms with van der Waals surface area (Å²) in [7, 11) is 1.21. The first-order chi connectivity index (χ1) is 12.9. The zero-order chi connectivity index (χ0) is 19.6. The van der Waals surface area contributed by atoms with Crippen LogP contribution in [0.2, 0.25) is 0 Å². The van der Waals surface area contributed by atoms with Gasteiger partial charge < -0.3 is 13.9 Å². The minimum Gasteiger partial charge on any atom is -0.437 e. The molecule has 6 heteroatoms. The average Bonchev–Trinajstić information content (AvgIpc) is 2.67. The van der Waals surface area contributed by atoms with E-state index in [9.17, 15) is 9.59 Å². The molecule has 0 N–H and O–H groups in total. The summed E-state index contributed by atoms with van der Waals surface area (Å²) < 4.78 is 15.6. The smallest absolute Gasteiger partial charge is 0.437 e. The SMILES string of the molecule is COC(=O)Oc1c(C)c(-c2ccccn2)oc(=O)c1-c1cc(C)ccc1C. The second kappa shape index (κ2) is 7.45. The van der Waals surface area contributed by atoms with E-state index >= 15 is 0 Å². The third-order valence-corrected chi connectivity index (χ3v) is 4.22. The Labute approximate surface area is 156 Å². The van der Waals surface area contributed by atoms with Crippen LogP contribution in [-0.2, 0) is 4.74 Å². The van der Waals surface area contributed by atoms with E-state index in [1.807, 2.05) is 32.0 Å². The Morgan fingerprint density at radius 2 is 1.89 bits per heavy atom. The number of nitrogens with zero attached hydrogens (tertiary/aromatic N) is 1. The molecule has 0 radical (unpaired) electrons. The molecule has 3 rings (SSSR count). The standard InChI is InChI=1S/C21H19NO5/c1-12-8-9-13(2)15(11-12)17-19(27-21(24)25-4)14(3)18(26-20(17)23)16-7-5-6-10-22-16/h5-11H,1-4H3. The van der Waals surface area contributed by atoms with Crippen molar-refractivity contribution in [3.05, 3.63) is 69.7 Å². The van der Waals surface area contributed by atoms with Crippen LogP contribution in [0.5, 0.6) is 5.75 Å². The van der Waals surface area contributed by atoms with Crippen LogP contribution in [0.15, 0.2) is 51.8 Å². The molecule has 27 heavy (non-hydrogen) atoms. The van der Waals surface area contributed by atoms with Crippen LogP contribution in [0.4, 0.5) is 4.79 Å². The fourth-order valence-corrected chi connectivity index (χ4v) is 2.84. The maximum Gasteiger partial charge on any atom is 0.513 e. The number of carbonyl (C=O) groups excluding carboxylic acids is 1. The van der Waals surface area contributed by atoms with Crippen molar-refractivity contribution in [2.75, 3.05) is 7.11 Å². The summed E-state index contributed by atoms with van der Waals surface area (Å²) in [4.78, 5) is 28.9. The van der Waals surface area contributed by atoms with Gasteiger partial charge in [-0.3, -0.25) is 4.98 Å². The Hall–Kier alpha value is -3.41. The van der Waals surface area contributed by atoms with Crippen LogP contribution in [0.1, 0.15) is 16.7 Å². The minimum absolute atomic E-state index is 0.104.